The van der Waals surface area contributed by atoms with Crippen molar-refractivity contribution < 1.29 is 18.0 Å². The lowest BCUT2D eigenvalue weighted by Crippen LogP contribution is -2.30. The Hall–Kier alpha value is -3.07. The van der Waals surface area contributed by atoms with Crippen molar-refractivity contribution in [3.05, 3.63) is 70.8 Å². The van der Waals surface area contributed by atoms with Crippen LogP contribution in [0.2, 0.25) is 5.02 Å². The quantitative estimate of drug-likeness (QED) is 0.549. The van der Waals surface area contributed by atoms with Gasteiger partial charge in [0.15, 0.2) is 23.1 Å². The Morgan fingerprint density at radius 1 is 1.08 bits per heavy atom. The minimum atomic E-state index is -1.65. The van der Waals surface area contributed by atoms with Crippen molar-refractivity contribution in [2.75, 3.05) is 5.43 Å². The van der Waals surface area contributed by atoms with Gasteiger partial charge in [0, 0.05) is 0 Å². The standard InChI is InChI=1S/C15H9ClF3N5O/c16-8-3-1-2-4-12(8)24-7-11(21-23-24)15(25)22-20-10-6-5-9(17)13(18)14(10)19/h1-7,20H,(H,22,25). The maximum Gasteiger partial charge on any atom is 0.291 e. The summed E-state index contributed by atoms with van der Waals surface area (Å²) in [4.78, 5) is 12.0. The minimum Gasteiger partial charge on any atom is -0.295 e. The normalized spacial score (nSPS) is 10.6. The number of rotatable bonds is 4. The maximum absolute atomic E-state index is 13.5. The molecular weight excluding hydrogens is 359 g/mol. The van der Waals surface area contributed by atoms with Gasteiger partial charge >= 0.3 is 0 Å². The van der Waals surface area contributed by atoms with Gasteiger partial charge in [-0.05, 0) is 24.3 Å². The average molecular weight is 368 g/mol. The fourth-order valence-electron chi connectivity index (χ4n) is 1.93. The average Bonchev–Trinajstić information content (AvgIpc) is 3.09. The molecule has 3 rings (SSSR count). The molecule has 6 nitrogen and oxygen atoms in total. The van der Waals surface area contributed by atoms with Gasteiger partial charge in [-0.25, -0.2) is 17.9 Å². The zero-order chi connectivity index (χ0) is 18.0. The Morgan fingerprint density at radius 2 is 1.84 bits per heavy atom. The molecule has 0 spiro atoms. The first kappa shape index (κ1) is 16.8. The van der Waals surface area contributed by atoms with Crippen LogP contribution in [0.1, 0.15) is 10.5 Å². The molecule has 2 aromatic carbocycles. The zero-order valence-electron chi connectivity index (χ0n) is 12.3. The molecule has 2 N–H and O–H groups in total. The van der Waals surface area contributed by atoms with E-state index in [2.05, 4.69) is 21.2 Å². The number of nitrogens with zero attached hydrogens (tertiary/aromatic N) is 3. The van der Waals surface area contributed by atoms with Gasteiger partial charge in [-0.1, -0.05) is 28.9 Å². The van der Waals surface area contributed by atoms with Gasteiger partial charge < -0.3 is 0 Å². The van der Waals surface area contributed by atoms with Crippen LogP contribution in [-0.2, 0) is 0 Å². The van der Waals surface area contributed by atoms with Crippen molar-refractivity contribution in [1.29, 1.82) is 0 Å². The molecule has 0 saturated carbocycles. The van der Waals surface area contributed by atoms with Gasteiger partial charge in [0.2, 0.25) is 0 Å². The molecule has 0 fully saturated rings. The number of carbonyl (C=O) groups is 1. The predicted molar refractivity (Wildman–Crippen MR) is 83.8 cm³/mol. The number of nitrogens with one attached hydrogen (secondary N) is 2. The van der Waals surface area contributed by atoms with Crippen LogP contribution in [0, 0.1) is 17.5 Å². The zero-order valence-corrected chi connectivity index (χ0v) is 13.1. The number of carbonyl (C=O) groups excluding carboxylic acids is 1. The molecule has 0 aliphatic rings. The summed E-state index contributed by atoms with van der Waals surface area (Å²) < 4.78 is 40.8. The van der Waals surface area contributed by atoms with E-state index in [9.17, 15) is 18.0 Å². The monoisotopic (exact) mass is 367 g/mol. The van der Waals surface area contributed by atoms with Crippen LogP contribution in [0.4, 0.5) is 18.9 Å². The molecule has 0 atom stereocenters. The van der Waals surface area contributed by atoms with Crippen LogP contribution >= 0.6 is 11.6 Å². The van der Waals surface area contributed by atoms with Crippen LogP contribution in [0.3, 0.4) is 0 Å². The Kier molecular flexibility index (Phi) is 4.57. The van der Waals surface area contributed by atoms with Gasteiger partial charge in [-0.15, -0.1) is 5.10 Å². The second kappa shape index (κ2) is 6.81. The van der Waals surface area contributed by atoms with E-state index < -0.39 is 29.0 Å². The fourth-order valence-corrected chi connectivity index (χ4v) is 2.16. The molecule has 25 heavy (non-hydrogen) atoms. The third kappa shape index (κ3) is 3.41. The summed E-state index contributed by atoms with van der Waals surface area (Å²) in [5.74, 6) is -5.21. The van der Waals surface area contributed by atoms with Crippen molar-refractivity contribution in [3.63, 3.8) is 0 Å². The first-order valence-electron chi connectivity index (χ1n) is 6.84. The Morgan fingerprint density at radius 3 is 2.60 bits per heavy atom. The number of hydrazine groups is 1. The van der Waals surface area contributed by atoms with Gasteiger partial charge in [-0.2, -0.15) is 0 Å². The van der Waals surface area contributed by atoms with E-state index >= 15 is 0 Å². The summed E-state index contributed by atoms with van der Waals surface area (Å²) in [7, 11) is 0. The summed E-state index contributed by atoms with van der Waals surface area (Å²) in [6, 6.07) is 8.45. The van der Waals surface area contributed by atoms with Crippen molar-refractivity contribution in [1.82, 2.24) is 20.4 Å². The molecular formula is C15H9ClF3N5O. The van der Waals surface area contributed by atoms with E-state index in [1.807, 2.05) is 0 Å². The molecule has 0 radical (unpaired) electrons. The summed E-state index contributed by atoms with van der Waals surface area (Å²) in [5, 5.41) is 7.86. The SMILES string of the molecule is O=C(NNc1ccc(F)c(F)c1F)c1cn(-c2ccccc2Cl)nn1. The highest BCUT2D eigenvalue weighted by Gasteiger charge is 2.16. The third-order valence-electron chi connectivity index (χ3n) is 3.17. The third-order valence-corrected chi connectivity index (χ3v) is 3.49. The fraction of sp³-hybridized carbons (Fsp3) is 0. The number of halogens is 4. The smallest absolute Gasteiger partial charge is 0.291 e. The molecule has 0 bridgehead atoms. The van der Waals surface area contributed by atoms with Gasteiger partial charge in [-0.3, -0.25) is 15.6 Å². The molecule has 0 aliphatic heterocycles. The molecule has 1 heterocycles. The molecule has 1 aromatic heterocycles. The Labute approximate surface area is 144 Å². The predicted octanol–water partition coefficient (Wildman–Crippen LogP) is 3.09. The Bertz CT molecular complexity index is 947. The topological polar surface area (TPSA) is 71.8 Å². The van der Waals surface area contributed by atoms with Gasteiger partial charge in [0.25, 0.3) is 5.91 Å². The molecule has 128 valence electrons. The number of hydrogen-bond acceptors (Lipinski definition) is 4. The lowest BCUT2D eigenvalue weighted by atomic mass is 10.3. The molecule has 3 aromatic rings. The highest BCUT2D eigenvalue weighted by atomic mass is 35.5. The van der Waals surface area contributed by atoms with E-state index in [4.69, 9.17) is 11.6 Å². The van der Waals surface area contributed by atoms with E-state index in [1.165, 1.54) is 10.9 Å². The van der Waals surface area contributed by atoms with E-state index in [-0.39, 0.29) is 5.69 Å². The Balaban J connectivity index is 1.73. The summed E-state index contributed by atoms with van der Waals surface area (Å²) in [6.45, 7) is 0. The van der Waals surface area contributed by atoms with Crippen LogP contribution in [0.5, 0.6) is 0 Å². The number of benzene rings is 2. The second-order valence-corrected chi connectivity index (χ2v) is 5.21. The molecule has 1 amide bonds. The summed E-state index contributed by atoms with van der Waals surface area (Å²) in [6.07, 6.45) is 1.31. The summed E-state index contributed by atoms with van der Waals surface area (Å²) in [5.41, 5.74) is 4.24. The van der Waals surface area contributed by atoms with Crippen molar-refractivity contribution >= 4 is 23.2 Å². The van der Waals surface area contributed by atoms with Crippen molar-refractivity contribution in [2.45, 2.75) is 0 Å². The first-order chi connectivity index (χ1) is 12.0. The first-order valence-corrected chi connectivity index (χ1v) is 7.22. The van der Waals surface area contributed by atoms with Crippen LogP contribution < -0.4 is 10.9 Å². The molecule has 0 saturated heterocycles. The minimum absolute atomic E-state index is 0.101. The van der Waals surface area contributed by atoms with Crippen LogP contribution in [0.15, 0.2) is 42.6 Å². The number of aromatic nitrogens is 3. The second-order valence-electron chi connectivity index (χ2n) is 4.80. The van der Waals surface area contributed by atoms with Crippen molar-refractivity contribution in [2.24, 2.45) is 0 Å². The summed E-state index contributed by atoms with van der Waals surface area (Å²) >= 11 is 6.02. The highest BCUT2D eigenvalue weighted by molar-refractivity contribution is 6.32. The number of para-hydroxylation sites is 1. The largest absolute Gasteiger partial charge is 0.295 e. The molecule has 0 unspecified atom stereocenters. The van der Waals surface area contributed by atoms with E-state index in [0.29, 0.717) is 10.7 Å². The molecule has 0 aliphatic carbocycles. The lowest BCUT2D eigenvalue weighted by molar-refractivity contribution is 0.0957. The molecule has 10 heteroatoms. The number of hydrogen-bond donors (Lipinski definition) is 2. The van der Waals surface area contributed by atoms with E-state index in [1.54, 1.807) is 24.3 Å². The number of anilines is 1. The lowest BCUT2D eigenvalue weighted by Gasteiger charge is -2.08. The van der Waals surface area contributed by atoms with Gasteiger partial charge in [0.1, 0.15) is 0 Å². The van der Waals surface area contributed by atoms with E-state index in [0.717, 1.165) is 12.1 Å². The van der Waals surface area contributed by atoms with Gasteiger partial charge in [0.05, 0.1) is 22.6 Å². The highest BCUT2D eigenvalue weighted by Crippen LogP contribution is 2.20. The van der Waals surface area contributed by atoms with Crippen LogP contribution in [0.25, 0.3) is 5.69 Å². The van der Waals surface area contributed by atoms with Crippen LogP contribution in [-0.4, -0.2) is 20.9 Å². The van der Waals surface area contributed by atoms with Crippen molar-refractivity contribution in [3.8, 4) is 5.69 Å². The number of amides is 1. The maximum atomic E-state index is 13.5.